The molecule has 0 saturated heterocycles. The Hall–Kier alpha value is -1.75. The molecule has 1 aromatic rings. The summed E-state index contributed by atoms with van der Waals surface area (Å²) in [5, 5.41) is 2.26. The fourth-order valence-corrected chi connectivity index (χ4v) is 1.19. The van der Waals surface area contributed by atoms with E-state index in [-0.39, 0.29) is 25.6 Å². The van der Waals surface area contributed by atoms with Gasteiger partial charge in [-0.1, -0.05) is 30.3 Å². The lowest BCUT2D eigenvalue weighted by Crippen LogP contribution is -2.31. The highest BCUT2D eigenvalue weighted by molar-refractivity contribution is 6.18. The van der Waals surface area contributed by atoms with Crippen LogP contribution in [0.3, 0.4) is 0 Å². The van der Waals surface area contributed by atoms with E-state index in [1.807, 2.05) is 30.3 Å². The van der Waals surface area contributed by atoms with Crippen LogP contribution < -0.4 is 5.32 Å². The lowest BCUT2D eigenvalue weighted by atomic mass is 10.2. The Morgan fingerprint density at radius 2 is 1.89 bits per heavy atom. The molecule has 0 aromatic heterocycles. The molecule has 18 heavy (non-hydrogen) atoms. The molecule has 0 spiro atoms. The van der Waals surface area contributed by atoms with Crippen LogP contribution in [0.1, 0.15) is 5.56 Å². The lowest BCUT2D eigenvalue weighted by molar-refractivity contribution is -0.143. The van der Waals surface area contributed by atoms with Gasteiger partial charge in [0.05, 0.1) is 5.88 Å². The minimum atomic E-state index is -0.688. The Kier molecular flexibility index (Phi) is 6.64. The Morgan fingerprint density at radius 1 is 1.17 bits per heavy atom. The van der Waals surface area contributed by atoms with Crippen molar-refractivity contribution in [1.29, 1.82) is 0 Å². The van der Waals surface area contributed by atoms with Crippen LogP contribution >= 0.6 is 11.6 Å². The van der Waals surface area contributed by atoms with Crippen molar-refractivity contribution < 1.29 is 19.1 Å². The fraction of sp³-hybridized carbons (Fsp3) is 0.333. The Balaban J connectivity index is 2.16. The fourth-order valence-electron chi connectivity index (χ4n) is 1.12. The maximum atomic E-state index is 11.3. The number of benzene rings is 1. The van der Waals surface area contributed by atoms with Gasteiger partial charge in [0, 0.05) is 0 Å². The molecule has 6 heteroatoms. The number of ether oxygens (including phenoxy) is 2. The number of nitrogens with one attached hydrogen (secondary N) is 1. The van der Waals surface area contributed by atoms with E-state index in [1.165, 1.54) is 0 Å². The van der Waals surface area contributed by atoms with E-state index in [0.717, 1.165) is 5.56 Å². The van der Waals surface area contributed by atoms with E-state index in [1.54, 1.807) is 0 Å². The molecule has 1 amide bonds. The summed E-state index contributed by atoms with van der Waals surface area (Å²) < 4.78 is 9.56. The van der Waals surface area contributed by atoms with E-state index in [4.69, 9.17) is 16.3 Å². The van der Waals surface area contributed by atoms with Gasteiger partial charge in [-0.15, -0.1) is 11.6 Å². The minimum Gasteiger partial charge on any atom is -0.460 e. The molecular formula is C12H14ClNO4. The van der Waals surface area contributed by atoms with Gasteiger partial charge >= 0.3 is 12.1 Å². The highest BCUT2D eigenvalue weighted by atomic mass is 35.5. The van der Waals surface area contributed by atoms with Crippen LogP contribution in [-0.2, 0) is 20.9 Å². The molecule has 1 N–H and O–H groups in total. The van der Waals surface area contributed by atoms with Crippen LogP contribution in [0.25, 0.3) is 0 Å². The van der Waals surface area contributed by atoms with Gasteiger partial charge in [-0.05, 0) is 5.56 Å². The summed E-state index contributed by atoms with van der Waals surface area (Å²) in [5.41, 5.74) is 0.885. The molecule has 5 nitrogen and oxygen atoms in total. The van der Waals surface area contributed by atoms with Crippen LogP contribution in [0.15, 0.2) is 30.3 Å². The number of alkyl halides is 1. The number of esters is 1. The third-order valence-electron chi connectivity index (χ3n) is 1.93. The average Bonchev–Trinajstić information content (AvgIpc) is 2.41. The predicted octanol–water partition coefficient (Wildman–Crippen LogP) is 1.69. The molecule has 1 aromatic carbocycles. The van der Waals surface area contributed by atoms with E-state index in [2.05, 4.69) is 10.1 Å². The second kappa shape index (κ2) is 8.36. The molecule has 1 rings (SSSR count). The summed E-state index contributed by atoms with van der Waals surface area (Å²) in [6.07, 6.45) is -0.688. The van der Waals surface area contributed by atoms with Gasteiger partial charge in [0.15, 0.2) is 0 Å². The molecule has 0 heterocycles. The van der Waals surface area contributed by atoms with Crippen LogP contribution in [0.4, 0.5) is 4.79 Å². The summed E-state index contributed by atoms with van der Waals surface area (Å²) in [6, 6.07) is 9.26. The molecule has 0 atom stereocenters. The molecule has 0 fully saturated rings. The number of alkyl carbamates (subject to hydrolysis) is 1. The Bertz CT molecular complexity index is 383. The lowest BCUT2D eigenvalue weighted by Gasteiger charge is -2.06. The topological polar surface area (TPSA) is 64.6 Å². The van der Waals surface area contributed by atoms with Gasteiger partial charge in [0.2, 0.25) is 0 Å². The van der Waals surface area contributed by atoms with Crippen LogP contribution in [0.2, 0.25) is 0 Å². The van der Waals surface area contributed by atoms with Gasteiger partial charge in [-0.2, -0.15) is 0 Å². The predicted molar refractivity (Wildman–Crippen MR) is 66.3 cm³/mol. The Morgan fingerprint density at radius 3 is 2.56 bits per heavy atom. The summed E-state index contributed by atoms with van der Waals surface area (Å²) >= 11 is 5.33. The molecular weight excluding hydrogens is 258 g/mol. The number of hydrogen-bond donors (Lipinski definition) is 1. The molecule has 0 saturated carbocycles. The first-order valence-corrected chi connectivity index (χ1v) is 5.92. The zero-order chi connectivity index (χ0) is 13.2. The van der Waals surface area contributed by atoms with Gasteiger partial charge in [0.1, 0.15) is 19.8 Å². The molecule has 0 bridgehead atoms. The van der Waals surface area contributed by atoms with Crippen molar-refractivity contribution in [3.63, 3.8) is 0 Å². The first-order valence-electron chi connectivity index (χ1n) is 5.38. The van der Waals surface area contributed by atoms with Crippen LogP contribution in [-0.4, -0.2) is 31.1 Å². The third-order valence-corrected chi connectivity index (χ3v) is 2.08. The van der Waals surface area contributed by atoms with Crippen molar-refractivity contribution in [1.82, 2.24) is 5.32 Å². The van der Waals surface area contributed by atoms with Crippen LogP contribution in [0, 0.1) is 0 Å². The number of amides is 1. The summed E-state index contributed by atoms with van der Waals surface area (Å²) in [7, 11) is 0. The molecule has 0 aliphatic carbocycles. The second-order valence-electron chi connectivity index (χ2n) is 3.32. The van der Waals surface area contributed by atoms with Crippen molar-refractivity contribution in [2.75, 3.05) is 19.0 Å². The maximum absolute atomic E-state index is 11.3. The molecule has 0 radical (unpaired) electrons. The second-order valence-corrected chi connectivity index (χ2v) is 3.70. The first kappa shape index (κ1) is 14.3. The number of carbonyl (C=O) groups is 2. The van der Waals surface area contributed by atoms with Gasteiger partial charge in [-0.3, -0.25) is 4.79 Å². The summed E-state index contributed by atoms with van der Waals surface area (Å²) in [4.78, 5) is 22.3. The number of carbonyl (C=O) groups excluding carboxylic acids is 2. The smallest absolute Gasteiger partial charge is 0.407 e. The number of rotatable bonds is 6. The standard InChI is InChI=1S/C12H14ClNO4/c13-6-7-17-12(16)14-8-11(15)18-9-10-4-2-1-3-5-10/h1-5H,6-9H2,(H,14,16). The van der Waals surface area contributed by atoms with Crippen molar-refractivity contribution in [2.45, 2.75) is 6.61 Å². The zero-order valence-electron chi connectivity index (χ0n) is 9.73. The van der Waals surface area contributed by atoms with E-state index < -0.39 is 12.1 Å². The molecule has 0 aliphatic rings. The largest absolute Gasteiger partial charge is 0.460 e. The van der Waals surface area contributed by atoms with Gasteiger partial charge in [0.25, 0.3) is 0 Å². The zero-order valence-corrected chi connectivity index (χ0v) is 10.5. The normalized spacial score (nSPS) is 9.61. The van der Waals surface area contributed by atoms with E-state index >= 15 is 0 Å². The summed E-state index contributed by atoms with van der Waals surface area (Å²) in [6.45, 7) is 0.0541. The van der Waals surface area contributed by atoms with Crippen molar-refractivity contribution in [3.8, 4) is 0 Å². The van der Waals surface area contributed by atoms with Gasteiger partial charge < -0.3 is 14.8 Å². The third kappa shape index (κ3) is 6.10. The number of hydrogen-bond acceptors (Lipinski definition) is 4. The highest BCUT2D eigenvalue weighted by Crippen LogP contribution is 2.00. The maximum Gasteiger partial charge on any atom is 0.407 e. The van der Waals surface area contributed by atoms with E-state index in [0.29, 0.717) is 0 Å². The molecule has 98 valence electrons. The highest BCUT2D eigenvalue weighted by Gasteiger charge is 2.07. The monoisotopic (exact) mass is 271 g/mol. The van der Waals surface area contributed by atoms with Crippen molar-refractivity contribution in [2.24, 2.45) is 0 Å². The molecule has 0 unspecified atom stereocenters. The van der Waals surface area contributed by atoms with Gasteiger partial charge in [-0.25, -0.2) is 4.79 Å². The minimum absolute atomic E-state index is 0.104. The quantitative estimate of drug-likeness (QED) is 0.632. The Labute approximate surface area is 110 Å². The average molecular weight is 272 g/mol. The van der Waals surface area contributed by atoms with E-state index in [9.17, 15) is 9.59 Å². The van der Waals surface area contributed by atoms with Crippen LogP contribution in [0.5, 0.6) is 0 Å². The van der Waals surface area contributed by atoms with Crippen molar-refractivity contribution >= 4 is 23.7 Å². The van der Waals surface area contributed by atoms with Crippen molar-refractivity contribution in [3.05, 3.63) is 35.9 Å². The molecule has 0 aliphatic heterocycles. The summed E-state index contributed by atoms with van der Waals surface area (Å²) in [5.74, 6) is -0.312. The number of halogens is 1. The SMILES string of the molecule is O=C(CNC(=O)OCCCl)OCc1ccccc1. The first-order chi connectivity index (χ1) is 8.72.